The number of benzene rings is 3. The van der Waals surface area contributed by atoms with Crippen LogP contribution in [0.15, 0.2) is 85.1 Å². The molecule has 1 atom stereocenters. The number of pyridine rings is 1. The first-order chi connectivity index (χ1) is 17.8. The number of ether oxygens (including phenoxy) is 2. The Balaban J connectivity index is 1.61. The zero-order chi connectivity index (χ0) is 26.4. The average molecular weight is 557 g/mol. The van der Waals surface area contributed by atoms with Gasteiger partial charge in [0.2, 0.25) is 6.10 Å². The van der Waals surface area contributed by atoms with E-state index >= 15 is 0 Å². The quantitative estimate of drug-likeness (QED) is 0.233. The number of hydrogen-bond donors (Lipinski definition) is 2. The number of nitrogens with zero attached hydrogens (tertiary/aromatic N) is 1. The van der Waals surface area contributed by atoms with E-state index in [2.05, 4.69) is 10.3 Å². The SMILES string of the molecule is Nc1ncc(Cl)cc1OC(C(=O)OCc1ccccc1)c1cccc(NC(=O)c2cccc(Cl)c2Cl)c1. The fourth-order valence-corrected chi connectivity index (χ4v) is 3.90. The van der Waals surface area contributed by atoms with Crippen LogP contribution < -0.4 is 15.8 Å². The van der Waals surface area contributed by atoms with Gasteiger partial charge in [0, 0.05) is 23.5 Å². The first-order valence-electron chi connectivity index (χ1n) is 11.0. The Kier molecular flexibility index (Phi) is 8.50. The lowest BCUT2D eigenvalue weighted by atomic mass is 10.1. The molecule has 37 heavy (non-hydrogen) atoms. The number of aromatic nitrogens is 1. The number of carbonyl (C=O) groups is 2. The Morgan fingerprint density at radius 2 is 1.70 bits per heavy atom. The first-order valence-corrected chi connectivity index (χ1v) is 12.1. The second kappa shape index (κ2) is 12.0. The van der Waals surface area contributed by atoms with Gasteiger partial charge in [-0.15, -0.1) is 0 Å². The number of anilines is 2. The van der Waals surface area contributed by atoms with E-state index in [0.717, 1.165) is 5.56 Å². The van der Waals surface area contributed by atoms with Gasteiger partial charge in [0.1, 0.15) is 6.61 Å². The van der Waals surface area contributed by atoms with Crippen LogP contribution in [0.1, 0.15) is 27.6 Å². The summed E-state index contributed by atoms with van der Waals surface area (Å²) in [5.74, 6) is -0.999. The van der Waals surface area contributed by atoms with Gasteiger partial charge in [0.15, 0.2) is 11.6 Å². The molecule has 0 fully saturated rings. The van der Waals surface area contributed by atoms with Gasteiger partial charge in [-0.2, -0.15) is 0 Å². The van der Waals surface area contributed by atoms with Crippen LogP contribution in [0.4, 0.5) is 11.5 Å². The number of halogens is 3. The summed E-state index contributed by atoms with van der Waals surface area (Å²) in [5.41, 5.74) is 7.73. The molecule has 10 heteroatoms. The van der Waals surface area contributed by atoms with Gasteiger partial charge in [0.05, 0.1) is 20.6 Å². The predicted molar refractivity (Wildman–Crippen MR) is 144 cm³/mol. The molecular formula is C27H20Cl3N3O4. The van der Waals surface area contributed by atoms with Crippen LogP contribution in [-0.2, 0) is 16.1 Å². The minimum atomic E-state index is -1.24. The summed E-state index contributed by atoms with van der Waals surface area (Å²) in [7, 11) is 0. The van der Waals surface area contributed by atoms with Gasteiger partial charge in [-0.3, -0.25) is 4.79 Å². The number of rotatable bonds is 8. The summed E-state index contributed by atoms with van der Waals surface area (Å²) in [6.07, 6.45) is 0.127. The average Bonchev–Trinajstić information content (AvgIpc) is 2.90. The summed E-state index contributed by atoms with van der Waals surface area (Å²) < 4.78 is 11.5. The minimum Gasteiger partial charge on any atom is -0.470 e. The molecule has 1 unspecified atom stereocenters. The van der Waals surface area contributed by atoms with Gasteiger partial charge in [0.25, 0.3) is 5.91 Å². The first kappa shape index (κ1) is 26.3. The minimum absolute atomic E-state index is 0.0342. The number of nitrogens with one attached hydrogen (secondary N) is 1. The highest BCUT2D eigenvalue weighted by Crippen LogP contribution is 2.31. The summed E-state index contributed by atoms with van der Waals surface area (Å²) in [6, 6.07) is 22.0. The van der Waals surface area contributed by atoms with Crippen molar-refractivity contribution in [1.29, 1.82) is 0 Å². The second-order valence-electron chi connectivity index (χ2n) is 7.81. The van der Waals surface area contributed by atoms with Crippen molar-refractivity contribution < 1.29 is 19.1 Å². The molecule has 3 N–H and O–H groups in total. The van der Waals surface area contributed by atoms with E-state index in [1.807, 2.05) is 30.3 Å². The lowest BCUT2D eigenvalue weighted by Crippen LogP contribution is -2.22. The van der Waals surface area contributed by atoms with E-state index in [9.17, 15) is 9.59 Å². The van der Waals surface area contributed by atoms with Crippen molar-refractivity contribution in [3.8, 4) is 5.75 Å². The molecule has 1 heterocycles. The maximum Gasteiger partial charge on any atom is 0.352 e. The van der Waals surface area contributed by atoms with Gasteiger partial charge >= 0.3 is 5.97 Å². The van der Waals surface area contributed by atoms with E-state index < -0.39 is 18.0 Å². The number of nitrogen functional groups attached to an aromatic ring is 1. The third-order valence-electron chi connectivity index (χ3n) is 5.17. The Bertz CT molecular complexity index is 1430. The number of amides is 1. The molecule has 0 saturated heterocycles. The molecule has 1 amide bonds. The molecule has 7 nitrogen and oxygen atoms in total. The second-order valence-corrected chi connectivity index (χ2v) is 9.03. The van der Waals surface area contributed by atoms with E-state index in [4.69, 9.17) is 50.0 Å². The highest BCUT2D eigenvalue weighted by Gasteiger charge is 2.26. The van der Waals surface area contributed by atoms with Gasteiger partial charge in [-0.25, -0.2) is 9.78 Å². The van der Waals surface area contributed by atoms with E-state index in [1.165, 1.54) is 12.3 Å². The van der Waals surface area contributed by atoms with E-state index in [-0.39, 0.29) is 38.8 Å². The monoisotopic (exact) mass is 555 g/mol. The smallest absolute Gasteiger partial charge is 0.352 e. The van der Waals surface area contributed by atoms with E-state index in [1.54, 1.807) is 42.5 Å². The Hall–Kier alpha value is -3.78. The van der Waals surface area contributed by atoms with Crippen LogP contribution in [0.2, 0.25) is 15.1 Å². The molecule has 3 aromatic carbocycles. The molecule has 4 rings (SSSR count). The zero-order valence-electron chi connectivity index (χ0n) is 19.2. The summed E-state index contributed by atoms with van der Waals surface area (Å²) in [4.78, 5) is 30.0. The lowest BCUT2D eigenvalue weighted by Gasteiger charge is -2.20. The molecule has 0 aliphatic carbocycles. The molecule has 0 aliphatic heterocycles. The highest BCUT2D eigenvalue weighted by atomic mass is 35.5. The predicted octanol–water partition coefficient (Wildman–Crippen LogP) is 6.74. The van der Waals surface area contributed by atoms with Crippen molar-refractivity contribution in [3.05, 3.63) is 117 Å². The largest absolute Gasteiger partial charge is 0.470 e. The van der Waals surface area contributed by atoms with Crippen molar-refractivity contribution in [2.24, 2.45) is 0 Å². The maximum atomic E-state index is 13.2. The highest BCUT2D eigenvalue weighted by molar-refractivity contribution is 6.44. The molecule has 0 bridgehead atoms. The summed E-state index contributed by atoms with van der Waals surface area (Å²) >= 11 is 18.3. The third-order valence-corrected chi connectivity index (χ3v) is 6.20. The maximum absolute atomic E-state index is 13.2. The zero-order valence-corrected chi connectivity index (χ0v) is 21.4. The molecule has 0 radical (unpaired) electrons. The van der Waals surface area contributed by atoms with Crippen LogP contribution in [-0.4, -0.2) is 16.9 Å². The number of carbonyl (C=O) groups excluding carboxylic acids is 2. The molecule has 188 valence electrons. The van der Waals surface area contributed by atoms with Crippen LogP contribution in [0.25, 0.3) is 0 Å². The third kappa shape index (κ3) is 6.71. The molecule has 0 aliphatic rings. The van der Waals surface area contributed by atoms with Crippen LogP contribution in [0, 0.1) is 0 Å². The van der Waals surface area contributed by atoms with Gasteiger partial charge in [-0.1, -0.05) is 83.3 Å². The molecule has 1 aromatic heterocycles. The number of hydrogen-bond acceptors (Lipinski definition) is 6. The van der Waals surface area contributed by atoms with Crippen LogP contribution in [0.3, 0.4) is 0 Å². The van der Waals surface area contributed by atoms with Crippen molar-refractivity contribution in [2.45, 2.75) is 12.7 Å². The Labute approximate surface area is 228 Å². The molecular weight excluding hydrogens is 537 g/mol. The molecule has 0 saturated carbocycles. The summed E-state index contributed by atoms with van der Waals surface area (Å²) in [5, 5.41) is 3.42. The van der Waals surface area contributed by atoms with Crippen LogP contribution in [0.5, 0.6) is 5.75 Å². The fraction of sp³-hybridized carbons (Fsp3) is 0.0741. The Morgan fingerprint density at radius 1 is 0.946 bits per heavy atom. The van der Waals surface area contributed by atoms with Crippen molar-refractivity contribution in [1.82, 2.24) is 4.98 Å². The van der Waals surface area contributed by atoms with Crippen LogP contribution >= 0.6 is 34.8 Å². The molecule has 4 aromatic rings. The Morgan fingerprint density at radius 3 is 2.49 bits per heavy atom. The summed E-state index contributed by atoms with van der Waals surface area (Å²) in [6.45, 7) is 0.0342. The van der Waals surface area contributed by atoms with Crippen molar-refractivity contribution in [2.75, 3.05) is 11.1 Å². The van der Waals surface area contributed by atoms with Crippen molar-refractivity contribution in [3.63, 3.8) is 0 Å². The van der Waals surface area contributed by atoms with Crippen molar-refractivity contribution >= 4 is 58.2 Å². The van der Waals surface area contributed by atoms with E-state index in [0.29, 0.717) is 11.3 Å². The topological polar surface area (TPSA) is 104 Å². The lowest BCUT2D eigenvalue weighted by molar-refractivity contribution is -0.153. The van der Waals surface area contributed by atoms with Gasteiger partial charge in [-0.05, 0) is 29.8 Å². The standard InChI is InChI=1S/C27H20Cl3N3O4/c28-18-13-22(25(31)32-14-18)37-24(27(35)36-15-16-6-2-1-3-7-16)17-8-4-9-19(12-17)33-26(34)20-10-5-11-21(29)23(20)30/h1-14,24H,15H2,(H2,31,32)(H,33,34). The number of esters is 1. The normalized spacial score (nSPS) is 11.4. The molecule has 0 spiro atoms. The number of nitrogens with two attached hydrogens (primary N) is 1. The fourth-order valence-electron chi connectivity index (χ4n) is 3.37. The van der Waals surface area contributed by atoms with Gasteiger partial charge < -0.3 is 20.5 Å².